The summed E-state index contributed by atoms with van der Waals surface area (Å²) in [5, 5.41) is 7.44. The van der Waals surface area contributed by atoms with Crippen LogP contribution < -0.4 is 16.4 Å². The molecule has 0 aliphatic heterocycles. The number of pyridine rings is 1. The molecule has 230 valence electrons. The number of hydrogen-bond donors (Lipinski definition) is 2. The van der Waals surface area contributed by atoms with E-state index in [9.17, 15) is 49.1 Å². The third-order valence-corrected chi connectivity index (χ3v) is 6.16. The number of fused-ring (bicyclic) bond motifs is 1. The molecule has 4 rings (SSSR count). The molecule has 0 radical (unpaired) electrons. The highest BCUT2D eigenvalue weighted by molar-refractivity contribution is 5.86. The van der Waals surface area contributed by atoms with Crippen molar-refractivity contribution in [2.45, 2.75) is 44.4 Å². The van der Waals surface area contributed by atoms with Gasteiger partial charge in [0.2, 0.25) is 0 Å². The zero-order chi connectivity index (χ0) is 31.5. The molecule has 0 amide bonds. The summed E-state index contributed by atoms with van der Waals surface area (Å²) in [6, 6.07) is 2.34. The van der Waals surface area contributed by atoms with Gasteiger partial charge in [0, 0.05) is 24.3 Å². The topological polar surface area (TPSA) is 115 Å². The van der Waals surface area contributed by atoms with Crippen molar-refractivity contribution < 1.29 is 44.3 Å². The summed E-state index contributed by atoms with van der Waals surface area (Å²) >= 11 is 0. The van der Waals surface area contributed by atoms with Gasteiger partial charge in [0.05, 0.1) is 42.0 Å². The van der Waals surface area contributed by atoms with Crippen LogP contribution >= 0.6 is 0 Å². The third-order valence-electron chi connectivity index (χ3n) is 6.16. The van der Waals surface area contributed by atoms with Gasteiger partial charge < -0.3 is 14.6 Å². The highest BCUT2D eigenvalue weighted by Gasteiger charge is 2.38. The van der Waals surface area contributed by atoms with Crippen LogP contribution in [-0.2, 0) is 23.6 Å². The van der Waals surface area contributed by atoms with Crippen molar-refractivity contribution >= 4 is 16.5 Å². The normalized spacial score (nSPS) is 13.1. The number of benzene rings is 1. The average molecular weight is 622 g/mol. The maximum absolute atomic E-state index is 14.9. The molecule has 1 atom stereocenters. The molecule has 0 saturated heterocycles. The van der Waals surface area contributed by atoms with E-state index in [2.05, 4.69) is 25.1 Å². The summed E-state index contributed by atoms with van der Waals surface area (Å²) in [5.74, 6) is -0.961. The number of halogens is 9. The Hall–Kier alpha value is -4.48. The van der Waals surface area contributed by atoms with Crippen LogP contribution in [0.15, 0.2) is 52.6 Å². The number of hydrogen-bond acceptors (Lipinski definition) is 7. The number of alkyl halides is 8. The number of aromatic nitrogens is 5. The monoisotopic (exact) mass is 622 g/mol. The van der Waals surface area contributed by atoms with Gasteiger partial charge in [0.25, 0.3) is 11.1 Å². The van der Waals surface area contributed by atoms with Gasteiger partial charge in [-0.1, -0.05) is 0 Å². The molecular weight excluding hydrogens is 603 g/mol. The van der Waals surface area contributed by atoms with E-state index in [0.29, 0.717) is 12.4 Å². The van der Waals surface area contributed by atoms with Crippen molar-refractivity contribution in [3.05, 3.63) is 80.8 Å². The van der Waals surface area contributed by atoms with E-state index in [1.807, 2.05) is 0 Å². The largest absolute Gasteiger partial charge is 0.434 e. The minimum atomic E-state index is -5.08. The smallest absolute Gasteiger partial charge is 0.378 e. The Morgan fingerprint density at radius 2 is 1.74 bits per heavy atom. The van der Waals surface area contributed by atoms with Crippen molar-refractivity contribution in [2.24, 2.45) is 0 Å². The fourth-order valence-electron chi connectivity index (χ4n) is 4.19. The molecule has 0 aliphatic rings. The zero-order valence-corrected chi connectivity index (χ0v) is 21.4. The van der Waals surface area contributed by atoms with Crippen LogP contribution in [0.4, 0.5) is 45.2 Å². The van der Waals surface area contributed by atoms with Crippen molar-refractivity contribution in [1.82, 2.24) is 24.7 Å². The quantitative estimate of drug-likeness (QED) is 0.233. The van der Waals surface area contributed by atoms with Crippen LogP contribution in [0.3, 0.4) is 0 Å². The van der Waals surface area contributed by atoms with Crippen LogP contribution in [0.5, 0.6) is 0 Å². The lowest BCUT2D eigenvalue weighted by molar-refractivity contribution is -0.141. The molecule has 43 heavy (non-hydrogen) atoms. The fourth-order valence-corrected chi connectivity index (χ4v) is 4.19. The van der Waals surface area contributed by atoms with Crippen LogP contribution in [0.25, 0.3) is 22.0 Å². The SMILES string of the molecule is O=c1[nH]ncc(N[C@H](CCCn2ccc3cc(-c4cnc(C(F)(F)F)cn4)c(F)cc3c2=O)COC(F)F)c1C(F)(F)F. The first-order chi connectivity index (χ1) is 20.1. The number of rotatable bonds is 10. The Kier molecular flexibility index (Phi) is 9.07. The van der Waals surface area contributed by atoms with Gasteiger partial charge in [0.1, 0.15) is 11.4 Å². The van der Waals surface area contributed by atoms with Gasteiger partial charge >= 0.3 is 19.0 Å². The zero-order valence-electron chi connectivity index (χ0n) is 21.4. The number of H-pyrrole nitrogens is 1. The second kappa shape index (κ2) is 12.4. The lowest BCUT2D eigenvalue weighted by atomic mass is 10.1. The molecule has 0 aliphatic carbocycles. The molecule has 0 unspecified atom stereocenters. The maximum atomic E-state index is 14.9. The van der Waals surface area contributed by atoms with E-state index in [1.54, 1.807) is 5.10 Å². The second-order valence-corrected chi connectivity index (χ2v) is 9.08. The highest BCUT2D eigenvalue weighted by atomic mass is 19.4. The predicted molar refractivity (Wildman–Crippen MR) is 133 cm³/mol. The summed E-state index contributed by atoms with van der Waals surface area (Å²) in [5.41, 5.74) is -6.27. The predicted octanol–water partition coefficient (Wildman–Crippen LogP) is 5.22. The van der Waals surface area contributed by atoms with Crippen molar-refractivity contribution in [2.75, 3.05) is 11.9 Å². The molecule has 3 aromatic heterocycles. The summed E-state index contributed by atoms with van der Waals surface area (Å²) in [6.45, 7) is -4.07. The van der Waals surface area contributed by atoms with Gasteiger partial charge in [-0.15, -0.1) is 0 Å². The summed E-state index contributed by atoms with van der Waals surface area (Å²) in [4.78, 5) is 31.6. The Bertz CT molecular complexity index is 1700. The van der Waals surface area contributed by atoms with E-state index < -0.39 is 65.5 Å². The van der Waals surface area contributed by atoms with E-state index in [1.165, 1.54) is 18.3 Å². The average Bonchev–Trinajstić information content (AvgIpc) is 2.91. The second-order valence-electron chi connectivity index (χ2n) is 9.08. The van der Waals surface area contributed by atoms with Crippen molar-refractivity contribution in [3.8, 4) is 11.3 Å². The number of aromatic amines is 1. The molecule has 4 aromatic rings. The van der Waals surface area contributed by atoms with E-state index in [-0.39, 0.29) is 41.4 Å². The van der Waals surface area contributed by atoms with Crippen LogP contribution in [0.2, 0.25) is 0 Å². The molecule has 2 N–H and O–H groups in total. The number of ether oxygens (including phenoxy) is 1. The van der Waals surface area contributed by atoms with E-state index >= 15 is 0 Å². The van der Waals surface area contributed by atoms with Gasteiger partial charge in [0.15, 0.2) is 5.69 Å². The summed E-state index contributed by atoms with van der Waals surface area (Å²) in [6.07, 6.45) is -6.71. The van der Waals surface area contributed by atoms with Crippen molar-refractivity contribution in [1.29, 1.82) is 0 Å². The number of anilines is 1. The lowest BCUT2D eigenvalue weighted by Gasteiger charge is -2.22. The lowest BCUT2D eigenvalue weighted by Crippen LogP contribution is -2.32. The number of nitrogens with one attached hydrogen (secondary N) is 2. The van der Waals surface area contributed by atoms with E-state index in [0.717, 1.165) is 16.8 Å². The molecule has 18 heteroatoms. The Balaban J connectivity index is 1.52. The number of nitrogens with zero attached hydrogens (tertiary/aromatic N) is 4. The van der Waals surface area contributed by atoms with Gasteiger partial charge in [-0.3, -0.25) is 14.6 Å². The molecule has 3 heterocycles. The van der Waals surface area contributed by atoms with E-state index in [4.69, 9.17) is 0 Å². The van der Waals surface area contributed by atoms with Crippen LogP contribution in [0, 0.1) is 5.82 Å². The third kappa shape index (κ3) is 7.49. The summed E-state index contributed by atoms with van der Waals surface area (Å²) in [7, 11) is 0. The molecule has 1 aromatic carbocycles. The maximum Gasteiger partial charge on any atom is 0.434 e. The first kappa shape index (κ1) is 31.5. The molecule has 9 nitrogen and oxygen atoms in total. The molecule has 0 saturated carbocycles. The Morgan fingerprint density at radius 1 is 1.00 bits per heavy atom. The number of aryl methyl sites for hydroxylation is 1. The summed E-state index contributed by atoms with van der Waals surface area (Å²) < 4.78 is 124. The standard InChI is InChI=1S/C25H19F9N6O3/c26-16-7-14-12(6-15(16)17-8-36-19(10-35-17)24(29,30)31)3-5-40(22(14)42)4-1-2-13(11-43-23(27)28)38-18-9-37-39-21(41)20(18)25(32,33)34/h3,5-10,13,23H,1-2,4,11H2,(H2,38,39,41)/t13-/m1/s1. The van der Waals surface area contributed by atoms with Gasteiger partial charge in [-0.25, -0.2) is 14.5 Å². The van der Waals surface area contributed by atoms with Gasteiger partial charge in [-0.05, 0) is 36.4 Å². The molecular formula is C25H19F9N6O3. The Morgan fingerprint density at radius 3 is 2.37 bits per heavy atom. The first-order valence-electron chi connectivity index (χ1n) is 12.2. The molecule has 0 fully saturated rings. The molecule has 0 spiro atoms. The van der Waals surface area contributed by atoms with Crippen LogP contribution in [0.1, 0.15) is 24.1 Å². The minimum Gasteiger partial charge on any atom is -0.378 e. The van der Waals surface area contributed by atoms with Crippen LogP contribution in [-0.4, -0.2) is 44.0 Å². The highest BCUT2D eigenvalue weighted by Crippen LogP contribution is 2.32. The van der Waals surface area contributed by atoms with Crippen molar-refractivity contribution in [3.63, 3.8) is 0 Å². The molecule has 0 bridgehead atoms. The minimum absolute atomic E-state index is 0.0371. The fraction of sp³-hybridized carbons (Fsp3) is 0.320. The van der Waals surface area contributed by atoms with Gasteiger partial charge in [-0.2, -0.15) is 40.2 Å². The first-order valence-corrected chi connectivity index (χ1v) is 12.2. The Labute approximate surface area is 234 Å².